The maximum atomic E-state index is 11.9. The fraction of sp³-hybridized carbons (Fsp3) is 1.00. The van der Waals surface area contributed by atoms with E-state index in [4.69, 9.17) is 0 Å². The van der Waals surface area contributed by atoms with Crippen molar-refractivity contribution >= 4 is 10.0 Å². The second-order valence-electron chi connectivity index (χ2n) is 3.64. The molecule has 2 N–H and O–H groups in total. The Kier molecular flexibility index (Phi) is 4.88. The Labute approximate surface area is 88.5 Å². The van der Waals surface area contributed by atoms with Crippen LogP contribution in [0.4, 0.5) is 8.78 Å². The van der Waals surface area contributed by atoms with Crippen LogP contribution in [-0.4, -0.2) is 33.3 Å². The largest absolute Gasteiger partial charge is 0.350 e. The molecular formula is C8H16F2N2O2S. The maximum Gasteiger partial charge on any atom is 0.350 e. The summed E-state index contributed by atoms with van der Waals surface area (Å²) in [5, 5.41) is 3.21. The van der Waals surface area contributed by atoms with Gasteiger partial charge in [-0.2, -0.15) is 8.78 Å². The summed E-state index contributed by atoms with van der Waals surface area (Å²) in [4.78, 5) is 0. The first-order chi connectivity index (χ1) is 7.02. The summed E-state index contributed by atoms with van der Waals surface area (Å²) < 4.78 is 47.1. The third kappa shape index (κ3) is 4.40. The summed E-state index contributed by atoms with van der Waals surface area (Å²) >= 11 is 0. The molecule has 0 amide bonds. The number of nitrogens with one attached hydrogen (secondary N) is 2. The van der Waals surface area contributed by atoms with Crippen molar-refractivity contribution in [3.63, 3.8) is 0 Å². The predicted octanol–water partition coefficient (Wildman–Crippen LogP) is 0.661. The predicted molar refractivity (Wildman–Crippen MR) is 53.2 cm³/mol. The van der Waals surface area contributed by atoms with Gasteiger partial charge in [-0.05, 0) is 25.8 Å². The summed E-state index contributed by atoms with van der Waals surface area (Å²) in [6.45, 7) is 0.997. The van der Waals surface area contributed by atoms with Crippen LogP contribution in [0.15, 0.2) is 0 Å². The molecule has 90 valence electrons. The second-order valence-corrected chi connectivity index (χ2v) is 5.37. The molecule has 1 unspecified atom stereocenters. The van der Waals surface area contributed by atoms with Crippen LogP contribution in [0.25, 0.3) is 0 Å². The van der Waals surface area contributed by atoms with E-state index in [1.165, 1.54) is 0 Å². The monoisotopic (exact) mass is 242 g/mol. The van der Waals surface area contributed by atoms with Crippen molar-refractivity contribution in [1.29, 1.82) is 0 Å². The van der Waals surface area contributed by atoms with Gasteiger partial charge in [-0.25, -0.2) is 13.1 Å². The highest BCUT2D eigenvalue weighted by Gasteiger charge is 2.23. The molecule has 0 aliphatic carbocycles. The summed E-state index contributed by atoms with van der Waals surface area (Å²) in [6.07, 6.45) is 3.78. The molecule has 0 aromatic carbocycles. The molecule has 1 rings (SSSR count). The van der Waals surface area contributed by atoms with Gasteiger partial charge in [-0.1, -0.05) is 6.42 Å². The van der Waals surface area contributed by atoms with Gasteiger partial charge in [-0.15, -0.1) is 0 Å². The molecule has 4 nitrogen and oxygen atoms in total. The zero-order valence-corrected chi connectivity index (χ0v) is 9.19. The van der Waals surface area contributed by atoms with Crippen LogP contribution in [-0.2, 0) is 10.0 Å². The summed E-state index contributed by atoms with van der Waals surface area (Å²) in [5.41, 5.74) is 0. The van der Waals surface area contributed by atoms with Gasteiger partial charge in [0.05, 0.1) is 0 Å². The van der Waals surface area contributed by atoms with Crippen molar-refractivity contribution in [3.05, 3.63) is 0 Å². The second kappa shape index (κ2) is 5.72. The molecule has 0 aromatic heterocycles. The quantitative estimate of drug-likeness (QED) is 0.744. The van der Waals surface area contributed by atoms with Crippen LogP contribution in [0.5, 0.6) is 0 Å². The smallest absolute Gasteiger partial charge is 0.314 e. The van der Waals surface area contributed by atoms with Gasteiger partial charge >= 0.3 is 5.76 Å². The van der Waals surface area contributed by atoms with Crippen molar-refractivity contribution in [3.8, 4) is 0 Å². The van der Waals surface area contributed by atoms with Crippen LogP contribution in [0.3, 0.4) is 0 Å². The van der Waals surface area contributed by atoms with Gasteiger partial charge in [0.1, 0.15) is 0 Å². The molecule has 1 heterocycles. The number of sulfonamides is 1. The molecule has 1 aliphatic heterocycles. The number of hydrogen-bond donors (Lipinski definition) is 2. The van der Waals surface area contributed by atoms with E-state index in [0.717, 1.165) is 25.8 Å². The normalized spacial score (nSPS) is 23.3. The zero-order chi connectivity index (χ0) is 11.3. The van der Waals surface area contributed by atoms with E-state index in [1.54, 1.807) is 0 Å². The third-order valence-electron chi connectivity index (χ3n) is 2.44. The lowest BCUT2D eigenvalue weighted by atomic mass is 10.0. The van der Waals surface area contributed by atoms with E-state index in [1.807, 2.05) is 4.72 Å². The minimum absolute atomic E-state index is 0.0737. The maximum absolute atomic E-state index is 11.9. The minimum Gasteiger partial charge on any atom is -0.314 e. The van der Waals surface area contributed by atoms with Crippen LogP contribution in [0.2, 0.25) is 0 Å². The SMILES string of the molecule is O=S(=O)(NCCC1CCCCN1)C(F)F. The summed E-state index contributed by atoms with van der Waals surface area (Å²) in [6, 6.07) is 0.249. The molecule has 7 heteroatoms. The fourth-order valence-corrected chi connectivity index (χ4v) is 2.14. The lowest BCUT2D eigenvalue weighted by molar-refractivity contribution is 0.232. The van der Waals surface area contributed by atoms with Crippen LogP contribution in [0.1, 0.15) is 25.7 Å². The highest BCUT2D eigenvalue weighted by molar-refractivity contribution is 7.89. The average molecular weight is 242 g/mol. The summed E-state index contributed by atoms with van der Waals surface area (Å²) in [5.74, 6) is -3.34. The molecule has 1 fully saturated rings. The topological polar surface area (TPSA) is 58.2 Å². The molecule has 15 heavy (non-hydrogen) atoms. The molecule has 0 spiro atoms. The Hall–Kier alpha value is -0.270. The van der Waals surface area contributed by atoms with Gasteiger partial charge in [0.2, 0.25) is 0 Å². The van der Waals surface area contributed by atoms with Crippen LogP contribution in [0, 0.1) is 0 Å². The molecule has 1 atom stereocenters. The van der Waals surface area contributed by atoms with E-state index < -0.39 is 15.8 Å². The van der Waals surface area contributed by atoms with Crippen molar-refractivity contribution in [1.82, 2.24) is 10.0 Å². The van der Waals surface area contributed by atoms with Crippen molar-refractivity contribution in [2.45, 2.75) is 37.5 Å². The fourth-order valence-electron chi connectivity index (χ4n) is 1.61. The molecule has 0 saturated carbocycles. The first-order valence-electron chi connectivity index (χ1n) is 5.02. The lowest BCUT2D eigenvalue weighted by Gasteiger charge is -2.23. The Morgan fingerprint density at radius 2 is 2.13 bits per heavy atom. The molecule has 1 saturated heterocycles. The van der Waals surface area contributed by atoms with E-state index in [9.17, 15) is 17.2 Å². The van der Waals surface area contributed by atoms with Gasteiger partial charge in [0.25, 0.3) is 10.0 Å². The van der Waals surface area contributed by atoms with Crippen LogP contribution >= 0.6 is 0 Å². The van der Waals surface area contributed by atoms with Crippen LogP contribution < -0.4 is 10.0 Å². The highest BCUT2D eigenvalue weighted by atomic mass is 32.2. The van der Waals surface area contributed by atoms with Gasteiger partial charge < -0.3 is 5.32 Å². The number of piperidine rings is 1. The van der Waals surface area contributed by atoms with Gasteiger partial charge in [-0.3, -0.25) is 0 Å². The van der Waals surface area contributed by atoms with E-state index >= 15 is 0 Å². The molecule has 1 aliphatic rings. The molecule has 0 bridgehead atoms. The van der Waals surface area contributed by atoms with Gasteiger partial charge in [0.15, 0.2) is 0 Å². The van der Waals surface area contributed by atoms with Gasteiger partial charge in [0, 0.05) is 12.6 Å². The Morgan fingerprint density at radius 1 is 1.40 bits per heavy atom. The third-order valence-corrected chi connectivity index (χ3v) is 3.52. The van der Waals surface area contributed by atoms with E-state index in [-0.39, 0.29) is 12.6 Å². The van der Waals surface area contributed by atoms with Crippen molar-refractivity contribution in [2.24, 2.45) is 0 Å². The molecular weight excluding hydrogens is 226 g/mol. The zero-order valence-electron chi connectivity index (χ0n) is 8.38. The Balaban J connectivity index is 2.20. The van der Waals surface area contributed by atoms with Crippen molar-refractivity contribution in [2.75, 3.05) is 13.1 Å². The molecule has 0 aromatic rings. The minimum atomic E-state index is -4.41. The first-order valence-corrected chi connectivity index (χ1v) is 6.57. The standard InChI is InChI=1S/C8H16F2N2O2S/c9-8(10)15(13,14)12-6-4-7-3-1-2-5-11-7/h7-8,11-12H,1-6H2. The number of alkyl halides is 2. The van der Waals surface area contributed by atoms with E-state index in [0.29, 0.717) is 6.42 Å². The number of rotatable bonds is 5. The highest BCUT2D eigenvalue weighted by Crippen LogP contribution is 2.10. The van der Waals surface area contributed by atoms with E-state index in [2.05, 4.69) is 5.32 Å². The number of halogens is 2. The first kappa shape index (κ1) is 12.8. The Morgan fingerprint density at radius 3 is 2.67 bits per heavy atom. The molecule has 0 radical (unpaired) electrons. The van der Waals surface area contributed by atoms with Crippen molar-refractivity contribution < 1.29 is 17.2 Å². The lowest BCUT2D eigenvalue weighted by Crippen LogP contribution is -2.38. The Bertz CT molecular complexity index is 276. The average Bonchev–Trinajstić information content (AvgIpc) is 2.19. The summed E-state index contributed by atoms with van der Waals surface area (Å²) in [7, 11) is -4.41. The number of hydrogen-bond acceptors (Lipinski definition) is 3.